The van der Waals surface area contributed by atoms with Gasteiger partial charge >= 0.3 is 6.09 Å². The van der Waals surface area contributed by atoms with Gasteiger partial charge in [0, 0.05) is 0 Å². The maximum atomic E-state index is 13.0. The molecule has 8 heteroatoms. The second-order valence-electron chi connectivity index (χ2n) is 5.67. The molecule has 2 aromatic carbocycles. The molecule has 0 aliphatic rings. The number of ether oxygens (including phenoxy) is 1. The van der Waals surface area contributed by atoms with Gasteiger partial charge in [0.05, 0.1) is 17.6 Å². The molecule has 1 amide bonds. The number of hydrogen-bond donors (Lipinski definition) is 2. The number of amides is 1. The number of benzene rings is 2. The number of hydrogen-bond acceptors (Lipinski definition) is 4. The second-order valence-corrected chi connectivity index (χ2v) is 5.67. The van der Waals surface area contributed by atoms with E-state index in [9.17, 15) is 18.7 Å². The van der Waals surface area contributed by atoms with Gasteiger partial charge in [-0.15, -0.1) is 0 Å². The number of carbonyl (C=O) groups excluding carboxylic acids is 1. The van der Waals surface area contributed by atoms with Gasteiger partial charge in [-0.1, -0.05) is 48.5 Å². The highest BCUT2D eigenvalue weighted by atomic mass is 19.3. The summed E-state index contributed by atoms with van der Waals surface area (Å²) in [6, 6.07) is 17.7. The third-order valence-corrected chi connectivity index (χ3v) is 3.73. The maximum absolute atomic E-state index is 13.0. The first-order chi connectivity index (χ1) is 13.0. The van der Waals surface area contributed by atoms with E-state index in [1.165, 1.54) is 10.9 Å². The number of aliphatic hydroxyl groups is 1. The highest BCUT2D eigenvalue weighted by Crippen LogP contribution is 2.27. The molecule has 1 heterocycles. The Morgan fingerprint density at radius 3 is 2.37 bits per heavy atom. The number of alkyl halides is 2. The van der Waals surface area contributed by atoms with Crippen LogP contribution >= 0.6 is 0 Å². The zero-order valence-electron chi connectivity index (χ0n) is 14.1. The predicted molar refractivity (Wildman–Crippen MR) is 94.8 cm³/mol. The highest BCUT2D eigenvalue weighted by Gasteiger charge is 2.27. The first kappa shape index (κ1) is 18.5. The molecule has 1 aromatic heterocycles. The Morgan fingerprint density at radius 2 is 1.74 bits per heavy atom. The van der Waals surface area contributed by atoms with Gasteiger partial charge in [0.15, 0.2) is 6.10 Å². The van der Waals surface area contributed by atoms with Gasteiger partial charge in [-0.3, -0.25) is 5.32 Å². The molecular formula is C19H17F2N3O3. The van der Waals surface area contributed by atoms with Crippen LogP contribution in [0.5, 0.6) is 0 Å². The van der Waals surface area contributed by atoms with Crippen LogP contribution < -0.4 is 5.32 Å². The Kier molecular flexibility index (Phi) is 5.77. The van der Waals surface area contributed by atoms with Crippen LogP contribution in [-0.4, -0.2) is 27.4 Å². The number of halogens is 2. The lowest BCUT2D eigenvalue weighted by Crippen LogP contribution is -2.17. The molecule has 140 valence electrons. The summed E-state index contributed by atoms with van der Waals surface area (Å²) in [6.07, 6.45) is -4.68. The first-order valence-electron chi connectivity index (χ1n) is 8.13. The summed E-state index contributed by atoms with van der Waals surface area (Å²) in [6.45, 7) is 0.0201. The third-order valence-electron chi connectivity index (χ3n) is 3.73. The van der Waals surface area contributed by atoms with E-state index >= 15 is 0 Å². The van der Waals surface area contributed by atoms with Crippen molar-refractivity contribution in [2.75, 3.05) is 5.32 Å². The molecule has 3 rings (SSSR count). The van der Waals surface area contributed by atoms with Gasteiger partial charge < -0.3 is 9.84 Å². The average Bonchev–Trinajstić information content (AvgIpc) is 3.11. The minimum atomic E-state index is -3.05. The van der Waals surface area contributed by atoms with E-state index in [2.05, 4.69) is 10.4 Å². The van der Waals surface area contributed by atoms with Crippen molar-refractivity contribution < 1.29 is 23.4 Å². The van der Waals surface area contributed by atoms with Crippen molar-refractivity contribution in [1.29, 1.82) is 0 Å². The topological polar surface area (TPSA) is 76.4 Å². The smallest absolute Gasteiger partial charge is 0.412 e. The normalized spacial score (nSPS) is 12.0. The van der Waals surface area contributed by atoms with Gasteiger partial charge in [-0.25, -0.2) is 18.3 Å². The molecule has 3 aromatic rings. The molecule has 0 saturated carbocycles. The summed E-state index contributed by atoms with van der Waals surface area (Å²) in [5, 5.41) is 16.1. The van der Waals surface area contributed by atoms with Crippen LogP contribution in [0.3, 0.4) is 0 Å². The zero-order chi connectivity index (χ0) is 19.2. The minimum Gasteiger partial charge on any atom is -0.444 e. The Morgan fingerprint density at radius 1 is 1.11 bits per heavy atom. The van der Waals surface area contributed by atoms with Crippen molar-refractivity contribution in [3.63, 3.8) is 0 Å². The van der Waals surface area contributed by atoms with Crippen molar-refractivity contribution in [2.45, 2.75) is 19.1 Å². The lowest BCUT2D eigenvalue weighted by Gasteiger charge is -2.10. The zero-order valence-corrected chi connectivity index (χ0v) is 14.1. The van der Waals surface area contributed by atoms with Crippen LogP contribution in [0, 0.1) is 0 Å². The summed E-state index contributed by atoms with van der Waals surface area (Å²) in [5.41, 5.74) is 0.974. The summed E-state index contributed by atoms with van der Waals surface area (Å²) < 4.78 is 32.3. The van der Waals surface area contributed by atoms with E-state index in [1.54, 1.807) is 54.6 Å². The molecule has 0 aliphatic heterocycles. The van der Waals surface area contributed by atoms with E-state index in [0.29, 0.717) is 5.69 Å². The van der Waals surface area contributed by atoms with Crippen LogP contribution in [0.1, 0.15) is 17.4 Å². The SMILES string of the molecule is O=C(Nc1cn(-c2ccccc2)nc1C(O)C(F)F)OCc1ccccc1. The third kappa shape index (κ3) is 4.68. The molecule has 0 fully saturated rings. The Balaban J connectivity index is 1.78. The van der Waals surface area contributed by atoms with Crippen molar-refractivity contribution in [3.8, 4) is 5.69 Å². The van der Waals surface area contributed by atoms with Gasteiger partial charge in [0.2, 0.25) is 0 Å². The van der Waals surface area contributed by atoms with Crippen LogP contribution in [-0.2, 0) is 11.3 Å². The van der Waals surface area contributed by atoms with Crippen molar-refractivity contribution in [3.05, 3.63) is 78.1 Å². The molecule has 1 atom stereocenters. The fourth-order valence-electron chi connectivity index (χ4n) is 2.40. The fourth-order valence-corrected chi connectivity index (χ4v) is 2.40. The molecule has 6 nitrogen and oxygen atoms in total. The van der Waals surface area contributed by atoms with Crippen molar-refractivity contribution in [2.24, 2.45) is 0 Å². The van der Waals surface area contributed by atoms with Gasteiger partial charge in [-0.05, 0) is 17.7 Å². The van der Waals surface area contributed by atoms with E-state index in [0.717, 1.165) is 5.56 Å². The number of carbonyl (C=O) groups is 1. The summed E-state index contributed by atoms with van der Waals surface area (Å²) in [7, 11) is 0. The monoisotopic (exact) mass is 373 g/mol. The molecule has 27 heavy (non-hydrogen) atoms. The number of nitrogens with one attached hydrogen (secondary N) is 1. The van der Waals surface area contributed by atoms with Crippen molar-refractivity contribution in [1.82, 2.24) is 9.78 Å². The largest absolute Gasteiger partial charge is 0.444 e. The standard InChI is InChI=1S/C19H17F2N3O3/c20-18(21)17(25)16-15(11-24(23-16)14-9-5-2-6-10-14)22-19(26)27-12-13-7-3-1-4-8-13/h1-11,17-18,25H,12H2,(H,22,26). The maximum Gasteiger partial charge on any atom is 0.412 e. The average molecular weight is 373 g/mol. The number of para-hydroxylation sites is 1. The Hall–Kier alpha value is -3.26. The van der Waals surface area contributed by atoms with Gasteiger partial charge in [0.1, 0.15) is 12.3 Å². The highest BCUT2D eigenvalue weighted by molar-refractivity contribution is 5.85. The minimum absolute atomic E-state index is 0.0201. The van der Waals surface area contributed by atoms with E-state index in [1.807, 2.05) is 6.07 Å². The summed E-state index contributed by atoms with van der Waals surface area (Å²) in [5.74, 6) is 0. The summed E-state index contributed by atoms with van der Waals surface area (Å²) in [4.78, 5) is 12.0. The van der Waals surface area contributed by atoms with Gasteiger partial charge in [-0.2, -0.15) is 5.10 Å². The molecule has 0 spiro atoms. The van der Waals surface area contributed by atoms with Crippen LogP contribution in [0.4, 0.5) is 19.3 Å². The Bertz CT molecular complexity index is 886. The van der Waals surface area contributed by atoms with Crippen LogP contribution in [0.15, 0.2) is 66.9 Å². The lowest BCUT2D eigenvalue weighted by atomic mass is 10.2. The van der Waals surface area contributed by atoms with Gasteiger partial charge in [0.25, 0.3) is 6.43 Å². The fraction of sp³-hybridized carbons (Fsp3) is 0.158. The lowest BCUT2D eigenvalue weighted by molar-refractivity contribution is -0.00802. The van der Waals surface area contributed by atoms with E-state index in [4.69, 9.17) is 4.74 Å². The van der Waals surface area contributed by atoms with Crippen LogP contribution in [0.2, 0.25) is 0 Å². The molecule has 0 saturated heterocycles. The molecule has 0 radical (unpaired) electrons. The summed E-state index contributed by atoms with van der Waals surface area (Å²) >= 11 is 0. The molecule has 0 bridgehead atoms. The number of aromatic nitrogens is 2. The number of rotatable bonds is 6. The molecule has 1 unspecified atom stereocenters. The number of anilines is 1. The van der Waals surface area contributed by atoms with E-state index in [-0.39, 0.29) is 18.0 Å². The second kappa shape index (κ2) is 8.41. The molecule has 2 N–H and O–H groups in total. The first-order valence-corrected chi connectivity index (χ1v) is 8.13. The van der Waals surface area contributed by atoms with Crippen LogP contribution in [0.25, 0.3) is 5.69 Å². The molecule has 0 aliphatic carbocycles. The Labute approximate surface area is 154 Å². The van der Waals surface area contributed by atoms with E-state index < -0.39 is 18.6 Å². The van der Waals surface area contributed by atoms with Crippen molar-refractivity contribution >= 4 is 11.8 Å². The quantitative estimate of drug-likeness (QED) is 0.687. The number of nitrogens with zero attached hydrogens (tertiary/aromatic N) is 2. The number of aliphatic hydroxyl groups excluding tert-OH is 1. The molecular weight excluding hydrogens is 356 g/mol. The predicted octanol–water partition coefficient (Wildman–Crippen LogP) is 3.92.